The third-order valence-corrected chi connectivity index (χ3v) is 3.88. The first-order chi connectivity index (χ1) is 10.2. The van der Waals surface area contributed by atoms with Crippen molar-refractivity contribution in [3.8, 4) is 0 Å². The zero-order chi connectivity index (χ0) is 14.9. The van der Waals surface area contributed by atoms with Crippen LogP contribution in [0.15, 0.2) is 30.3 Å². The predicted octanol–water partition coefficient (Wildman–Crippen LogP) is 1.18. The van der Waals surface area contributed by atoms with Gasteiger partial charge in [0.2, 0.25) is 0 Å². The Balaban J connectivity index is 1.59. The Kier molecular flexibility index (Phi) is 6.81. The Morgan fingerprint density at radius 3 is 2.81 bits per heavy atom. The van der Waals surface area contributed by atoms with E-state index in [0.29, 0.717) is 19.6 Å². The summed E-state index contributed by atoms with van der Waals surface area (Å²) in [5, 5.41) is 0. The molecule has 1 aromatic rings. The largest absolute Gasteiger partial charge is 0.447 e. The van der Waals surface area contributed by atoms with Gasteiger partial charge in [0.1, 0.15) is 6.61 Å². The molecule has 21 heavy (non-hydrogen) atoms. The predicted molar refractivity (Wildman–Crippen MR) is 82.6 cm³/mol. The molecular weight excluding hydrogens is 290 g/mol. The highest BCUT2D eigenvalue weighted by atomic mass is 32.2. The van der Waals surface area contributed by atoms with Crippen molar-refractivity contribution >= 4 is 18.2 Å². The normalized spacial score (nSPS) is 17.2. The van der Waals surface area contributed by atoms with Crippen molar-refractivity contribution in [2.45, 2.75) is 12.5 Å². The molecule has 3 N–H and O–H groups in total. The number of hydrogen-bond acceptors (Lipinski definition) is 6. The molecular formula is C14H21N3O3S. The van der Waals surface area contributed by atoms with Gasteiger partial charge in [0, 0.05) is 31.3 Å². The summed E-state index contributed by atoms with van der Waals surface area (Å²) in [4.78, 5) is 11.6. The third kappa shape index (κ3) is 6.34. The monoisotopic (exact) mass is 311 g/mol. The average Bonchev–Trinajstić information content (AvgIpc) is 2.53. The number of carbonyl (C=O) groups is 1. The highest BCUT2D eigenvalue weighted by Crippen LogP contribution is 2.08. The van der Waals surface area contributed by atoms with E-state index in [-0.39, 0.29) is 12.6 Å². The average molecular weight is 311 g/mol. The van der Waals surface area contributed by atoms with Crippen LogP contribution in [-0.2, 0) is 15.9 Å². The van der Waals surface area contributed by atoms with E-state index >= 15 is 0 Å². The lowest BCUT2D eigenvalue weighted by Gasteiger charge is -2.24. The minimum Gasteiger partial charge on any atom is -0.447 e. The van der Waals surface area contributed by atoms with Gasteiger partial charge in [-0.15, -0.1) is 0 Å². The minimum atomic E-state index is -0.463. The summed E-state index contributed by atoms with van der Waals surface area (Å²) in [5.41, 5.74) is 7.09. The van der Waals surface area contributed by atoms with E-state index < -0.39 is 6.09 Å². The number of rotatable bonds is 6. The van der Waals surface area contributed by atoms with E-state index in [1.807, 2.05) is 34.6 Å². The van der Waals surface area contributed by atoms with Gasteiger partial charge in [-0.2, -0.15) is 0 Å². The molecule has 1 fully saturated rings. The van der Waals surface area contributed by atoms with Gasteiger partial charge in [-0.05, 0) is 12.0 Å². The fraction of sp³-hybridized carbons (Fsp3) is 0.500. The van der Waals surface area contributed by atoms with Crippen molar-refractivity contribution < 1.29 is 14.3 Å². The number of amides is 1. The summed E-state index contributed by atoms with van der Waals surface area (Å²) >= 11 is 1.25. The van der Waals surface area contributed by atoms with Crippen molar-refractivity contribution in [2.24, 2.45) is 5.73 Å². The van der Waals surface area contributed by atoms with Gasteiger partial charge in [-0.3, -0.25) is 4.72 Å². The van der Waals surface area contributed by atoms with Gasteiger partial charge in [0.25, 0.3) is 0 Å². The highest BCUT2D eigenvalue weighted by Gasteiger charge is 2.13. The van der Waals surface area contributed by atoms with Crippen LogP contribution < -0.4 is 10.5 Å². The Labute approximate surface area is 129 Å². The number of hydrogen-bond donors (Lipinski definition) is 2. The lowest BCUT2D eigenvalue weighted by molar-refractivity contribution is 0.0768. The lowest BCUT2D eigenvalue weighted by atomic mass is 10.1. The maximum atomic E-state index is 11.6. The van der Waals surface area contributed by atoms with Crippen LogP contribution in [0.25, 0.3) is 0 Å². The molecule has 0 unspecified atom stereocenters. The molecule has 1 heterocycles. The van der Waals surface area contributed by atoms with E-state index in [1.165, 1.54) is 12.1 Å². The molecule has 0 aromatic heterocycles. The number of benzene rings is 1. The standard InChI is InChI=1S/C14H21N3O3S/c15-13(10-12-4-2-1-3-5-12)11-20-14(18)16-21-17-6-8-19-9-7-17/h1-5,13H,6-11,15H2,(H,16,18)/t13-/m1/s1. The van der Waals surface area contributed by atoms with Crippen LogP contribution >= 0.6 is 12.1 Å². The molecule has 7 heteroatoms. The first-order valence-corrected chi connectivity index (χ1v) is 7.73. The van der Waals surface area contributed by atoms with Crippen LogP contribution in [0.5, 0.6) is 0 Å². The first-order valence-electron chi connectivity index (χ1n) is 6.96. The van der Waals surface area contributed by atoms with E-state index in [0.717, 1.165) is 18.7 Å². The molecule has 6 nitrogen and oxygen atoms in total. The molecule has 2 rings (SSSR count). The van der Waals surface area contributed by atoms with Crippen molar-refractivity contribution in [3.63, 3.8) is 0 Å². The quantitative estimate of drug-likeness (QED) is 0.768. The third-order valence-electron chi connectivity index (χ3n) is 3.00. The topological polar surface area (TPSA) is 76.8 Å². The molecule has 1 aliphatic heterocycles. The highest BCUT2D eigenvalue weighted by molar-refractivity contribution is 7.95. The van der Waals surface area contributed by atoms with Crippen molar-refractivity contribution in [1.82, 2.24) is 9.03 Å². The summed E-state index contributed by atoms with van der Waals surface area (Å²) in [5.74, 6) is 0. The van der Waals surface area contributed by atoms with Gasteiger partial charge in [0.05, 0.1) is 13.2 Å². The molecule has 116 valence electrons. The fourth-order valence-corrected chi connectivity index (χ4v) is 2.52. The summed E-state index contributed by atoms with van der Waals surface area (Å²) in [6.07, 6.45) is 0.222. The molecule has 1 aromatic carbocycles. The fourth-order valence-electron chi connectivity index (χ4n) is 1.93. The summed E-state index contributed by atoms with van der Waals surface area (Å²) in [6.45, 7) is 3.15. The number of nitrogens with two attached hydrogens (primary N) is 1. The van der Waals surface area contributed by atoms with Gasteiger partial charge in [-0.25, -0.2) is 9.10 Å². The van der Waals surface area contributed by atoms with Crippen LogP contribution in [-0.4, -0.2) is 49.4 Å². The number of nitrogens with one attached hydrogen (secondary N) is 1. The zero-order valence-corrected chi connectivity index (χ0v) is 12.7. The SMILES string of the molecule is N[C@@H](COC(=O)NSN1CCOCC1)Cc1ccccc1. The molecule has 0 saturated carbocycles. The lowest BCUT2D eigenvalue weighted by Crippen LogP contribution is -2.36. The molecule has 0 radical (unpaired) electrons. The zero-order valence-electron chi connectivity index (χ0n) is 11.9. The second kappa shape index (κ2) is 8.89. The van der Waals surface area contributed by atoms with Gasteiger partial charge < -0.3 is 15.2 Å². The van der Waals surface area contributed by atoms with E-state index in [9.17, 15) is 4.79 Å². The van der Waals surface area contributed by atoms with Crippen LogP contribution in [0.2, 0.25) is 0 Å². The Bertz CT molecular complexity index is 427. The molecule has 0 spiro atoms. The van der Waals surface area contributed by atoms with E-state index in [2.05, 4.69) is 4.72 Å². The van der Waals surface area contributed by atoms with E-state index in [4.69, 9.17) is 15.2 Å². The summed E-state index contributed by atoms with van der Waals surface area (Å²) in [6, 6.07) is 9.71. The smallest absolute Gasteiger partial charge is 0.418 e. The Morgan fingerprint density at radius 2 is 2.10 bits per heavy atom. The molecule has 1 amide bonds. The maximum Gasteiger partial charge on any atom is 0.418 e. The molecule has 1 atom stereocenters. The van der Waals surface area contributed by atoms with Crippen LogP contribution in [0.4, 0.5) is 4.79 Å². The minimum absolute atomic E-state index is 0.199. The van der Waals surface area contributed by atoms with Gasteiger partial charge in [0.15, 0.2) is 0 Å². The van der Waals surface area contributed by atoms with Gasteiger partial charge in [-0.1, -0.05) is 30.3 Å². The Hall–Kier alpha value is -1.28. The number of ether oxygens (including phenoxy) is 2. The molecule has 0 aliphatic carbocycles. The Morgan fingerprint density at radius 1 is 1.38 bits per heavy atom. The van der Waals surface area contributed by atoms with Crippen molar-refractivity contribution in [1.29, 1.82) is 0 Å². The molecule has 0 bridgehead atoms. The van der Waals surface area contributed by atoms with Gasteiger partial charge >= 0.3 is 6.09 Å². The number of morpholine rings is 1. The second-order valence-corrected chi connectivity index (χ2v) is 5.69. The number of carbonyl (C=O) groups excluding carboxylic acids is 1. The second-order valence-electron chi connectivity index (χ2n) is 4.78. The maximum absolute atomic E-state index is 11.6. The summed E-state index contributed by atoms with van der Waals surface area (Å²) in [7, 11) is 0. The van der Waals surface area contributed by atoms with Crippen molar-refractivity contribution in [3.05, 3.63) is 35.9 Å². The number of nitrogens with zero attached hydrogens (tertiary/aromatic N) is 1. The van der Waals surface area contributed by atoms with Crippen LogP contribution in [0.3, 0.4) is 0 Å². The molecule has 1 aliphatic rings. The molecule has 1 saturated heterocycles. The first kappa shape index (κ1) is 16.1. The van der Waals surface area contributed by atoms with E-state index in [1.54, 1.807) is 0 Å². The van der Waals surface area contributed by atoms with Crippen LogP contribution in [0, 0.1) is 0 Å². The van der Waals surface area contributed by atoms with Crippen molar-refractivity contribution in [2.75, 3.05) is 32.9 Å². The van der Waals surface area contributed by atoms with Crippen LogP contribution in [0.1, 0.15) is 5.56 Å². The summed E-state index contributed by atoms with van der Waals surface area (Å²) < 4.78 is 15.0.